The summed E-state index contributed by atoms with van der Waals surface area (Å²) in [5, 5.41) is 17.0. The van der Waals surface area contributed by atoms with Crippen molar-refractivity contribution >= 4 is 23.4 Å². The van der Waals surface area contributed by atoms with Gasteiger partial charge in [0.1, 0.15) is 17.1 Å². The van der Waals surface area contributed by atoms with Crippen LogP contribution in [0.4, 0.5) is 20.6 Å². The summed E-state index contributed by atoms with van der Waals surface area (Å²) in [7, 11) is 0. The van der Waals surface area contributed by atoms with E-state index in [9.17, 15) is 24.1 Å². The molecule has 1 aromatic rings. The second kappa shape index (κ2) is 11.3. The molecule has 1 unspecified atom stereocenters. The van der Waals surface area contributed by atoms with E-state index >= 15 is 0 Å². The van der Waals surface area contributed by atoms with E-state index in [1.165, 1.54) is 4.90 Å². The average molecular weight is 469 g/mol. The third-order valence-corrected chi connectivity index (χ3v) is 4.80. The maximum Gasteiger partial charge on any atom is 0.410 e. The minimum atomic E-state index is -0.884. The zero-order valence-electron chi connectivity index (χ0n) is 19.8. The van der Waals surface area contributed by atoms with Gasteiger partial charge in [-0.2, -0.15) is 0 Å². The summed E-state index contributed by atoms with van der Waals surface area (Å²) in [4.78, 5) is 37.3. The fourth-order valence-electron chi connectivity index (χ4n) is 3.36. The molecule has 0 aliphatic carbocycles. The van der Waals surface area contributed by atoms with E-state index in [1.54, 1.807) is 20.8 Å². The average Bonchev–Trinajstić information content (AvgIpc) is 2.69. The second-order valence-corrected chi connectivity index (χ2v) is 9.19. The lowest BCUT2D eigenvalue weighted by molar-refractivity contribution is -0.384. The highest BCUT2D eigenvalue weighted by atomic mass is 19.1. The Morgan fingerprint density at radius 2 is 2.03 bits per heavy atom. The SMILES string of the molecule is CC(C)OCCNc1cc(F)c(C(=O)NC2CCCN(C(=O)OC(C)(C)C)C2)cc1[N+](=O)[O-]. The molecule has 33 heavy (non-hydrogen) atoms. The van der Waals surface area contributed by atoms with Gasteiger partial charge in [-0.25, -0.2) is 9.18 Å². The number of anilines is 1. The molecule has 0 radical (unpaired) electrons. The van der Waals surface area contributed by atoms with Crippen LogP contribution in [0, 0.1) is 15.9 Å². The monoisotopic (exact) mass is 468 g/mol. The second-order valence-electron chi connectivity index (χ2n) is 9.19. The molecule has 0 bridgehead atoms. The summed E-state index contributed by atoms with van der Waals surface area (Å²) < 4.78 is 25.4. The first-order valence-corrected chi connectivity index (χ1v) is 11.0. The molecule has 184 valence electrons. The fraction of sp³-hybridized carbons (Fsp3) is 0.636. The van der Waals surface area contributed by atoms with Gasteiger partial charge >= 0.3 is 6.09 Å². The van der Waals surface area contributed by atoms with Crippen LogP contribution in [0.2, 0.25) is 0 Å². The van der Waals surface area contributed by atoms with Gasteiger partial charge in [0.2, 0.25) is 0 Å². The molecule has 0 aromatic heterocycles. The van der Waals surface area contributed by atoms with Crippen molar-refractivity contribution < 1.29 is 28.4 Å². The number of ether oxygens (including phenoxy) is 2. The number of nitrogens with zero attached hydrogens (tertiary/aromatic N) is 2. The van der Waals surface area contributed by atoms with E-state index in [1.807, 2.05) is 13.8 Å². The quantitative estimate of drug-likeness (QED) is 0.339. The zero-order chi connectivity index (χ0) is 24.8. The summed E-state index contributed by atoms with van der Waals surface area (Å²) in [5.41, 5.74) is -1.52. The van der Waals surface area contributed by atoms with Crippen molar-refractivity contribution in [1.29, 1.82) is 0 Å². The number of carbonyl (C=O) groups is 2. The number of likely N-dealkylation sites (tertiary alicyclic amines) is 1. The topological polar surface area (TPSA) is 123 Å². The third-order valence-electron chi connectivity index (χ3n) is 4.80. The predicted molar refractivity (Wildman–Crippen MR) is 121 cm³/mol. The first-order valence-electron chi connectivity index (χ1n) is 11.0. The van der Waals surface area contributed by atoms with Gasteiger partial charge in [-0.3, -0.25) is 14.9 Å². The van der Waals surface area contributed by atoms with Crippen molar-refractivity contribution in [2.24, 2.45) is 0 Å². The van der Waals surface area contributed by atoms with Crippen molar-refractivity contribution in [2.75, 3.05) is 31.6 Å². The first kappa shape index (κ1) is 26.3. The van der Waals surface area contributed by atoms with Crippen LogP contribution in [0.25, 0.3) is 0 Å². The number of benzene rings is 1. The lowest BCUT2D eigenvalue weighted by atomic mass is 10.0. The number of rotatable bonds is 8. The lowest BCUT2D eigenvalue weighted by Gasteiger charge is -2.34. The van der Waals surface area contributed by atoms with Gasteiger partial charge in [0.25, 0.3) is 11.6 Å². The molecule has 1 aliphatic heterocycles. The summed E-state index contributed by atoms with van der Waals surface area (Å²) in [6, 6.07) is 1.43. The Hall–Kier alpha value is -2.95. The summed E-state index contributed by atoms with van der Waals surface area (Å²) in [6.07, 6.45) is 0.731. The van der Waals surface area contributed by atoms with E-state index in [4.69, 9.17) is 9.47 Å². The zero-order valence-corrected chi connectivity index (χ0v) is 19.8. The molecule has 2 rings (SSSR count). The number of amides is 2. The predicted octanol–water partition coefficient (Wildman–Crippen LogP) is 3.70. The minimum absolute atomic E-state index is 0.00405. The molecular formula is C22H33FN4O6. The van der Waals surface area contributed by atoms with Crippen LogP contribution in [-0.4, -0.2) is 65.8 Å². The van der Waals surface area contributed by atoms with Crippen molar-refractivity contribution in [3.63, 3.8) is 0 Å². The van der Waals surface area contributed by atoms with E-state index < -0.39 is 45.6 Å². The molecule has 2 amide bonds. The summed E-state index contributed by atoms with van der Waals surface area (Å²) in [6.45, 7) is 10.2. The molecular weight excluding hydrogens is 435 g/mol. The molecule has 11 heteroatoms. The Bertz CT molecular complexity index is 871. The number of carbonyl (C=O) groups excluding carboxylic acids is 2. The Kier molecular flexibility index (Phi) is 8.98. The van der Waals surface area contributed by atoms with Crippen LogP contribution >= 0.6 is 0 Å². The van der Waals surface area contributed by atoms with Crippen LogP contribution in [0.3, 0.4) is 0 Å². The van der Waals surface area contributed by atoms with Gasteiger partial charge in [-0.05, 0) is 47.5 Å². The van der Waals surface area contributed by atoms with Crippen LogP contribution in [0.15, 0.2) is 12.1 Å². The fourth-order valence-corrected chi connectivity index (χ4v) is 3.36. The highest BCUT2D eigenvalue weighted by molar-refractivity contribution is 5.96. The normalized spacial score (nSPS) is 16.5. The maximum atomic E-state index is 14.7. The largest absolute Gasteiger partial charge is 0.444 e. The van der Waals surface area contributed by atoms with E-state index in [0.29, 0.717) is 19.4 Å². The van der Waals surface area contributed by atoms with Crippen LogP contribution in [-0.2, 0) is 9.47 Å². The van der Waals surface area contributed by atoms with Crippen LogP contribution in [0.1, 0.15) is 57.8 Å². The Morgan fingerprint density at radius 1 is 1.33 bits per heavy atom. The van der Waals surface area contributed by atoms with Gasteiger partial charge < -0.3 is 25.0 Å². The standard InChI is InChI=1S/C22H33FN4O6/c1-14(2)32-10-8-24-18-12-17(23)16(11-19(18)27(30)31)20(28)25-15-7-6-9-26(13-15)21(29)33-22(3,4)5/h11-12,14-15,24H,6-10,13H2,1-5H3,(H,25,28). The molecule has 2 N–H and O–H groups in total. The molecule has 0 spiro atoms. The van der Waals surface area contributed by atoms with Crippen molar-refractivity contribution in [1.82, 2.24) is 10.2 Å². The Labute approximate surface area is 192 Å². The number of piperidine rings is 1. The molecule has 1 fully saturated rings. The van der Waals surface area contributed by atoms with E-state index in [0.717, 1.165) is 12.1 Å². The number of halogens is 1. The smallest absolute Gasteiger partial charge is 0.410 e. The van der Waals surface area contributed by atoms with Crippen molar-refractivity contribution in [3.05, 3.63) is 33.6 Å². The molecule has 1 aliphatic rings. The number of nitrogens with one attached hydrogen (secondary N) is 2. The molecule has 1 saturated heterocycles. The van der Waals surface area contributed by atoms with Crippen LogP contribution in [0.5, 0.6) is 0 Å². The van der Waals surface area contributed by atoms with Crippen molar-refractivity contribution in [2.45, 2.75) is 65.2 Å². The van der Waals surface area contributed by atoms with Gasteiger partial charge in [-0.1, -0.05) is 0 Å². The third kappa shape index (κ3) is 8.16. The van der Waals surface area contributed by atoms with Gasteiger partial charge in [-0.15, -0.1) is 0 Å². The molecule has 0 saturated carbocycles. The number of hydrogen-bond donors (Lipinski definition) is 2. The number of nitro groups is 1. The number of nitro benzene ring substituents is 1. The highest BCUT2D eigenvalue weighted by Gasteiger charge is 2.30. The first-order chi connectivity index (χ1) is 15.4. The number of hydrogen-bond acceptors (Lipinski definition) is 7. The van der Waals surface area contributed by atoms with Crippen LogP contribution < -0.4 is 10.6 Å². The van der Waals surface area contributed by atoms with Crippen molar-refractivity contribution in [3.8, 4) is 0 Å². The highest BCUT2D eigenvalue weighted by Crippen LogP contribution is 2.28. The lowest BCUT2D eigenvalue weighted by Crippen LogP contribution is -2.50. The molecule has 1 atom stereocenters. The Morgan fingerprint density at radius 3 is 2.64 bits per heavy atom. The van der Waals surface area contributed by atoms with Gasteiger partial charge in [0.05, 0.1) is 23.2 Å². The minimum Gasteiger partial charge on any atom is -0.444 e. The maximum absolute atomic E-state index is 14.7. The molecule has 10 nitrogen and oxygen atoms in total. The summed E-state index contributed by atoms with van der Waals surface area (Å²) in [5.74, 6) is -1.66. The summed E-state index contributed by atoms with van der Waals surface area (Å²) >= 11 is 0. The van der Waals surface area contributed by atoms with Gasteiger partial charge in [0.15, 0.2) is 0 Å². The van der Waals surface area contributed by atoms with Gasteiger partial charge in [0, 0.05) is 37.8 Å². The van der Waals surface area contributed by atoms with E-state index in [-0.39, 0.29) is 31.5 Å². The molecule has 1 heterocycles. The Balaban J connectivity index is 2.08. The molecule has 1 aromatic carbocycles. The van der Waals surface area contributed by atoms with E-state index in [2.05, 4.69) is 10.6 Å².